The zero-order valence-corrected chi connectivity index (χ0v) is 16.4. The minimum Gasteiger partial charge on any atom is -0.493 e. The fourth-order valence-electron chi connectivity index (χ4n) is 2.49. The molecule has 0 spiro atoms. The van der Waals surface area contributed by atoms with E-state index in [0.717, 1.165) is 11.1 Å². The van der Waals surface area contributed by atoms with Gasteiger partial charge in [0.2, 0.25) is 11.8 Å². The van der Waals surface area contributed by atoms with E-state index in [-0.39, 0.29) is 18.4 Å². The maximum Gasteiger partial charge on any atom is 0.239 e. The van der Waals surface area contributed by atoms with Crippen LogP contribution in [0.4, 0.5) is 5.69 Å². The van der Waals surface area contributed by atoms with Crippen molar-refractivity contribution in [2.24, 2.45) is 5.41 Å². The van der Waals surface area contributed by atoms with Gasteiger partial charge in [0, 0.05) is 12.2 Å². The summed E-state index contributed by atoms with van der Waals surface area (Å²) in [5.41, 5.74) is 1.26. The van der Waals surface area contributed by atoms with Crippen LogP contribution in [0.2, 0.25) is 0 Å². The van der Waals surface area contributed by atoms with Crippen molar-refractivity contribution in [3.63, 3.8) is 0 Å². The molecule has 6 heteroatoms. The van der Waals surface area contributed by atoms with Gasteiger partial charge >= 0.3 is 0 Å². The molecule has 0 saturated heterocycles. The van der Waals surface area contributed by atoms with E-state index in [4.69, 9.17) is 9.47 Å². The summed E-state index contributed by atoms with van der Waals surface area (Å²) < 4.78 is 10.5. The lowest BCUT2D eigenvalue weighted by Gasteiger charge is -2.23. The van der Waals surface area contributed by atoms with E-state index in [1.54, 1.807) is 40.2 Å². The summed E-state index contributed by atoms with van der Waals surface area (Å²) in [4.78, 5) is 25.2. The fourth-order valence-corrected chi connectivity index (χ4v) is 2.49. The maximum absolute atomic E-state index is 12.6. The predicted octanol–water partition coefficient (Wildman–Crippen LogP) is 3.29. The molecule has 0 radical (unpaired) electrons. The predicted molar refractivity (Wildman–Crippen MR) is 105 cm³/mol. The number of amides is 2. The van der Waals surface area contributed by atoms with Crippen LogP contribution in [0, 0.1) is 12.3 Å². The van der Waals surface area contributed by atoms with E-state index >= 15 is 0 Å². The molecule has 0 heterocycles. The van der Waals surface area contributed by atoms with Crippen molar-refractivity contribution in [1.82, 2.24) is 5.32 Å². The monoisotopic (exact) mass is 370 g/mol. The number of para-hydroxylation sites is 1. The third-order valence-corrected chi connectivity index (χ3v) is 4.43. The second-order valence-corrected chi connectivity index (χ2v) is 6.77. The Morgan fingerprint density at radius 1 is 0.963 bits per heavy atom. The summed E-state index contributed by atoms with van der Waals surface area (Å²) in [5, 5.41) is 5.64. The van der Waals surface area contributed by atoms with Gasteiger partial charge in [-0.05, 0) is 50.1 Å². The number of methoxy groups -OCH3 is 2. The van der Waals surface area contributed by atoms with Crippen LogP contribution in [-0.2, 0) is 16.1 Å². The Hall–Kier alpha value is -3.02. The lowest BCUT2D eigenvalue weighted by molar-refractivity contribution is -0.138. The molecule has 2 amide bonds. The topological polar surface area (TPSA) is 76.7 Å². The zero-order chi connectivity index (χ0) is 20.0. The number of carbonyl (C=O) groups excluding carboxylic acids is 2. The minimum atomic E-state index is -1.22. The number of benzene rings is 2. The highest BCUT2D eigenvalue weighted by atomic mass is 16.5. The van der Waals surface area contributed by atoms with E-state index < -0.39 is 5.41 Å². The molecule has 0 atom stereocenters. The van der Waals surface area contributed by atoms with Crippen molar-refractivity contribution in [1.29, 1.82) is 0 Å². The number of carbonyl (C=O) groups is 2. The van der Waals surface area contributed by atoms with Gasteiger partial charge in [-0.3, -0.25) is 9.59 Å². The molecule has 0 aromatic heterocycles. The van der Waals surface area contributed by atoms with E-state index in [1.165, 1.54) is 0 Å². The molecule has 2 aromatic carbocycles. The van der Waals surface area contributed by atoms with Gasteiger partial charge in [-0.2, -0.15) is 0 Å². The normalized spacial score (nSPS) is 10.9. The maximum atomic E-state index is 12.6. The molecule has 0 bridgehead atoms. The Kier molecular flexibility index (Phi) is 6.45. The highest BCUT2D eigenvalue weighted by Gasteiger charge is 2.36. The van der Waals surface area contributed by atoms with Crippen molar-refractivity contribution >= 4 is 17.5 Å². The van der Waals surface area contributed by atoms with E-state index in [0.29, 0.717) is 17.2 Å². The van der Waals surface area contributed by atoms with Gasteiger partial charge in [0.25, 0.3) is 0 Å². The molecular formula is C21H26N2O4. The summed E-state index contributed by atoms with van der Waals surface area (Å²) in [7, 11) is 3.12. The van der Waals surface area contributed by atoms with Crippen LogP contribution in [0.3, 0.4) is 0 Å². The highest BCUT2D eigenvalue weighted by molar-refractivity contribution is 6.10. The molecule has 27 heavy (non-hydrogen) atoms. The Labute approximate surface area is 159 Å². The minimum absolute atomic E-state index is 0.278. The third kappa shape index (κ3) is 4.78. The number of nitrogens with one attached hydrogen (secondary N) is 2. The Balaban J connectivity index is 2.03. The molecule has 2 rings (SSSR count). The third-order valence-electron chi connectivity index (χ3n) is 4.43. The van der Waals surface area contributed by atoms with Gasteiger partial charge in [0.15, 0.2) is 11.5 Å². The average molecular weight is 370 g/mol. The Morgan fingerprint density at radius 2 is 1.63 bits per heavy atom. The number of aryl methyl sites for hydroxylation is 1. The lowest BCUT2D eigenvalue weighted by atomic mass is 9.90. The first-order chi connectivity index (χ1) is 12.8. The lowest BCUT2D eigenvalue weighted by Crippen LogP contribution is -2.45. The van der Waals surface area contributed by atoms with Crippen molar-refractivity contribution in [3.05, 3.63) is 53.6 Å². The standard InChI is InChI=1S/C21H26N2O4/c1-14-8-6-7-9-16(14)23-20(25)21(2,3)19(24)22-13-15-10-11-17(26-4)18(12-15)27-5/h6-12H,13H2,1-5H3,(H,22,24)(H,23,25). The average Bonchev–Trinajstić information content (AvgIpc) is 2.67. The molecule has 0 unspecified atom stereocenters. The second kappa shape index (κ2) is 8.58. The van der Waals surface area contributed by atoms with Crippen LogP contribution in [0.15, 0.2) is 42.5 Å². The van der Waals surface area contributed by atoms with Crippen LogP contribution in [0.5, 0.6) is 11.5 Å². The van der Waals surface area contributed by atoms with Crippen LogP contribution < -0.4 is 20.1 Å². The zero-order valence-electron chi connectivity index (χ0n) is 16.4. The molecule has 0 aliphatic rings. The van der Waals surface area contributed by atoms with E-state index in [9.17, 15) is 9.59 Å². The van der Waals surface area contributed by atoms with Crippen molar-refractivity contribution in [2.75, 3.05) is 19.5 Å². The Bertz CT molecular complexity index is 831. The van der Waals surface area contributed by atoms with Crippen molar-refractivity contribution in [3.8, 4) is 11.5 Å². The molecular weight excluding hydrogens is 344 g/mol. The fraction of sp³-hybridized carbons (Fsp3) is 0.333. The molecule has 0 aliphatic heterocycles. The number of anilines is 1. The molecule has 0 fully saturated rings. The summed E-state index contributed by atoms with van der Waals surface area (Å²) in [6.45, 7) is 5.38. The highest BCUT2D eigenvalue weighted by Crippen LogP contribution is 2.27. The molecule has 6 nitrogen and oxygen atoms in total. The second-order valence-electron chi connectivity index (χ2n) is 6.77. The van der Waals surface area contributed by atoms with Gasteiger partial charge < -0.3 is 20.1 Å². The number of hydrogen-bond donors (Lipinski definition) is 2. The molecule has 0 saturated carbocycles. The van der Waals surface area contributed by atoms with Gasteiger partial charge in [-0.1, -0.05) is 24.3 Å². The molecule has 0 aliphatic carbocycles. The van der Waals surface area contributed by atoms with E-state index in [1.807, 2.05) is 37.3 Å². The quantitative estimate of drug-likeness (QED) is 0.733. The molecule has 2 N–H and O–H groups in total. The van der Waals surface area contributed by atoms with Gasteiger partial charge in [-0.15, -0.1) is 0 Å². The number of ether oxygens (including phenoxy) is 2. The Morgan fingerprint density at radius 3 is 2.26 bits per heavy atom. The molecule has 144 valence electrons. The largest absolute Gasteiger partial charge is 0.493 e. The van der Waals surface area contributed by atoms with Crippen molar-refractivity contribution in [2.45, 2.75) is 27.3 Å². The van der Waals surface area contributed by atoms with E-state index in [2.05, 4.69) is 10.6 Å². The first-order valence-corrected chi connectivity index (χ1v) is 8.66. The number of rotatable bonds is 7. The van der Waals surface area contributed by atoms with Gasteiger partial charge in [0.1, 0.15) is 5.41 Å². The number of hydrogen-bond acceptors (Lipinski definition) is 4. The first-order valence-electron chi connectivity index (χ1n) is 8.66. The smallest absolute Gasteiger partial charge is 0.239 e. The summed E-state index contributed by atoms with van der Waals surface area (Å²) in [6.07, 6.45) is 0. The SMILES string of the molecule is COc1ccc(CNC(=O)C(C)(C)C(=O)Nc2ccccc2C)cc1OC. The summed E-state index contributed by atoms with van der Waals surface area (Å²) >= 11 is 0. The summed E-state index contributed by atoms with van der Waals surface area (Å²) in [6, 6.07) is 12.8. The van der Waals surface area contributed by atoms with Crippen LogP contribution in [-0.4, -0.2) is 26.0 Å². The van der Waals surface area contributed by atoms with Crippen molar-refractivity contribution < 1.29 is 19.1 Å². The first kappa shape index (κ1) is 20.3. The summed E-state index contributed by atoms with van der Waals surface area (Å²) in [5.74, 6) is 0.483. The van der Waals surface area contributed by atoms with Gasteiger partial charge in [0.05, 0.1) is 14.2 Å². The van der Waals surface area contributed by atoms with Crippen LogP contribution >= 0.6 is 0 Å². The van der Waals surface area contributed by atoms with Crippen LogP contribution in [0.1, 0.15) is 25.0 Å². The molecule has 2 aromatic rings. The van der Waals surface area contributed by atoms with Crippen LogP contribution in [0.25, 0.3) is 0 Å². The van der Waals surface area contributed by atoms with Gasteiger partial charge in [-0.25, -0.2) is 0 Å².